The molecule has 0 aliphatic heterocycles. The van der Waals surface area contributed by atoms with Crippen molar-refractivity contribution in [3.05, 3.63) is 89.0 Å². The van der Waals surface area contributed by atoms with Crippen LogP contribution >= 0.6 is 0 Å². The third kappa shape index (κ3) is 3.34. The normalized spacial score (nSPS) is 14.2. The minimum absolute atomic E-state index is 0.140. The van der Waals surface area contributed by atoms with E-state index in [0.717, 1.165) is 46.5 Å². The van der Waals surface area contributed by atoms with Crippen molar-refractivity contribution in [2.75, 3.05) is 5.32 Å². The van der Waals surface area contributed by atoms with Crippen LogP contribution in [0.3, 0.4) is 0 Å². The SMILES string of the molecule is Cc1c(C2(C(=O)c3cccnc3)CC2)ccc2[nH]c(CNc3ccc(C#N)cc3)nc12. The standard InChI is InChI=1S/C25H21N5O/c1-16-20(25(10-11-25)24(31)18-3-2-12-27-14-18)8-9-21-23(16)30-22(29-21)15-28-19-6-4-17(13-26)5-7-19/h2-9,12,14,28H,10-11,15H2,1H3,(H,29,30). The average molecular weight is 407 g/mol. The Hall–Kier alpha value is -3.98. The van der Waals surface area contributed by atoms with Crippen molar-refractivity contribution in [3.8, 4) is 6.07 Å². The van der Waals surface area contributed by atoms with Crippen LogP contribution in [0.25, 0.3) is 11.0 Å². The first kappa shape index (κ1) is 19.0. The van der Waals surface area contributed by atoms with Crippen LogP contribution < -0.4 is 5.32 Å². The number of ketones is 1. The van der Waals surface area contributed by atoms with Gasteiger partial charge in [-0.3, -0.25) is 9.78 Å². The number of nitriles is 1. The van der Waals surface area contributed by atoms with Crippen molar-refractivity contribution in [1.82, 2.24) is 15.0 Å². The number of hydrogen-bond donors (Lipinski definition) is 2. The van der Waals surface area contributed by atoms with Crippen LogP contribution in [0.5, 0.6) is 0 Å². The van der Waals surface area contributed by atoms with Gasteiger partial charge in [-0.1, -0.05) is 6.07 Å². The molecule has 0 saturated heterocycles. The predicted octanol–water partition coefficient (Wildman–Crippen LogP) is 4.66. The molecule has 1 saturated carbocycles. The molecule has 152 valence electrons. The zero-order chi connectivity index (χ0) is 21.4. The van der Waals surface area contributed by atoms with E-state index >= 15 is 0 Å². The van der Waals surface area contributed by atoms with Crippen LogP contribution in [0.1, 0.15) is 45.7 Å². The maximum Gasteiger partial charge on any atom is 0.174 e. The van der Waals surface area contributed by atoms with Crippen molar-refractivity contribution in [2.24, 2.45) is 0 Å². The van der Waals surface area contributed by atoms with E-state index in [1.54, 1.807) is 30.6 Å². The van der Waals surface area contributed by atoms with E-state index in [0.29, 0.717) is 17.7 Å². The second-order valence-corrected chi connectivity index (χ2v) is 8.01. The number of imidazole rings is 1. The number of rotatable bonds is 6. The fourth-order valence-corrected chi connectivity index (χ4v) is 4.23. The van der Waals surface area contributed by atoms with Gasteiger partial charge in [-0.15, -0.1) is 0 Å². The second-order valence-electron chi connectivity index (χ2n) is 8.01. The molecular formula is C25H21N5O. The van der Waals surface area contributed by atoms with Gasteiger partial charge in [0.15, 0.2) is 5.78 Å². The molecule has 0 bridgehead atoms. The Morgan fingerprint density at radius 1 is 1.19 bits per heavy atom. The van der Waals surface area contributed by atoms with Crippen LogP contribution in [0.15, 0.2) is 60.9 Å². The molecule has 4 aromatic rings. The van der Waals surface area contributed by atoms with Gasteiger partial charge in [-0.2, -0.15) is 5.26 Å². The number of H-pyrrole nitrogens is 1. The molecule has 1 aliphatic rings. The highest BCUT2D eigenvalue weighted by molar-refractivity contribution is 6.06. The largest absolute Gasteiger partial charge is 0.378 e. The molecule has 31 heavy (non-hydrogen) atoms. The smallest absolute Gasteiger partial charge is 0.174 e. The summed E-state index contributed by atoms with van der Waals surface area (Å²) in [6.07, 6.45) is 5.04. The summed E-state index contributed by atoms with van der Waals surface area (Å²) in [4.78, 5) is 25.5. The lowest BCUT2D eigenvalue weighted by Crippen LogP contribution is -2.22. The van der Waals surface area contributed by atoms with E-state index in [1.165, 1.54) is 0 Å². The molecule has 2 aromatic carbocycles. The number of carbonyl (C=O) groups is 1. The maximum absolute atomic E-state index is 13.2. The third-order valence-corrected chi connectivity index (χ3v) is 6.05. The summed E-state index contributed by atoms with van der Waals surface area (Å²) in [5, 5.41) is 12.2. The highest BCUT2D eigenvalue weighted by Gasteiger charge is 2.52. The Labute approximate surface area is 180 Å². The zero-order valence-corrected chi connectivity index (χ0v) is 17.1. The molecule has 0 atom stereocenters. The lowest BCUT2D eigenvalue weighted by atomic mass is 9.85. The van der Waals surface area contributed by atoms with Crippen LogP contribution in [0, 0.1) is 18.3 Å². The fourth-order valence-electron chi connectivity index (χ4n) is 4.23. The van der Waals surface area contributed by atoms with E-state index in [4.69, 9.17) is 10.2 Å². The van der Waals surface area contributed by atoms with Crippen molar-refractivity contribution < 1.29 is 4.79 Å². The van der Waals surface area contributed by atoms with Crippen molar-refractivity contribution in [3.63, 3.8) is 0 Å². The number of fused-ring (bicyclic) bond motifs is 1. The van der Waals surface area contributed by atoms with Crippen LogP contribution in [-0.4, -0.2) is 20.7 Å². The molecule has 0 unspecified atom stereocenters. The van der Waals surface area contributed by atoms with Crippen molar-refractivity contribution in [2.45, 2.75) is 31.7 Å². The van der Waals surface area contributed by atoms with Crippen molar-refractivity contribution in [1.29, 1.82) is 5.26 Å². The summed E-state index contributed by atoms with van der Waals surface area (Å²) >= 11 is 0. The monoisotopic (exact) mass is 407 g/mol. The Bertz CT molecular complexity index is 1310. The van der Waals surface area contributed by atoms with Crippen LogP contribution in [-0.2, 0) is 12.0 Å². The van der Waals surface area contributed by atoms with Gasteiger partial charge >= 0.3 is 0 Å². The molecule has 2 aromatic heterocycles. The molecule has 0 amide bonds. The molecule has 6 nitrogen and oxygen atoms in total. The first-order valence-electron chi connectivity index (χ1n) is 10.3. The number of aromatic nitrogens is 3. The summed E-state index contributed by atoms with van der Waals surface area (Å²) in [6.45, 7) is 2.59. The molecule has 6 heteroatoms. The summed E-state index contributed by atoms with van der Waals surface area (Å²) < 4.78 is 0. The van der Waals surface area contributed by atoms with Crippen LogP contribution in [0.4, 0.5) is 5.69 Å². The minimum atomic E-state index is -0.457. The molecule has 0 radical (unpaired) electrons. The lowest BCUT2D eigenvalue weighted by molar-refractivity contribution is 0.0945. The van der Waals surface area contributed by atoms with E-state index in [2.05, 4.69) is 27.4 Å². The molecular weight excluding hydrogens is 386 g/mol. The van der Waals surface area contributed by atoms with Gasteiger partial charge in [-0.25, -0.2) is 4.98 Å². The molecule has 1 fully saturated rings. The quantitative estimate of drug-likeness (QED) is 0.453. The van der Waals surface area contributed by atoms with Crippen molar-refractivity contribution >= 4 is 22.5 Å². The molecule has 5 rings (SSSR count). The Morgan fingerprint density at radius 3 is 2.68 bits per heavy atom. The first-order valence-corrected chi connectivity index (χ1v) is 10.3. The number of Topliss-reactive ketones (excluding diaryl/α,β-unsaturated/α-hetero) is 1. The number of anilines is 1. The van der Waals surface area contributed by atoms with Gasteiger partial charge < -0.3 is 10.3 Å². The minimum Gasteiger partial charge on any atom is -0.378 e. The summed E-state index contributed by atoms with van der Waals surface area (Å²) in [6, 6.07) is 17.2. The first-order chi connectivity index (χ1) is 15.1. The topological polar surface area (TPSA) is 94.5 Å². The van der Waals surface area contributed by atoms with E-state index in [-0.39, 0.29) is 5.78 Å². The van der Waals surface area contributed by atoms with Gasteiger partial charge in [0, 0.05) is 23.6 Å². The number of nitrogens with one attached hydrogen (secondary N) is 2. The van der Waals surface area contributed by atoms with Crippen LogP contribution in [0.2, 0.25) is 0 Å². The second kappa shape index (κ2) is 7.37. The number of nitrogens with zero attached hydrogens (tertiary/aromatic N) is 3. The molecule has 0 spiro atoms. The average Bonchev–Trinajstić information content (AvgIpc) is 3.50. The molecule has 2 heterocycles. The number of benzene rings is 2. The van der Waals surface area contributed by atoms with Gasteiger partial charge in [0.1, 0.15) is 5.82 Å². The number of aromatic amines is 1. The third-order valence-electron chi connectivity index (χ3n) is 6.05. The van der Waals surface area contributed by atoms with Gasteiger partial charge in [0.2, 0.25) is 0 Å². The molecule has 2 N–H and O–H groups in total. The lowest BCUT2D eigenvalue weighted by Gasteiger charge is -2.17. The van der Waals surface area contributed by atoms with E-state index < -0.39 is 5.41 Å². The highest BCUT2D eigenvalue weighted by atomic mass is 16.1. The maximum atomic E-state index is 13.2. The predicted molar refractivity (Wildman–Crippen MR) is 119 cm³/mol. The number of pyridine rings is 1. The summed E-state index contributed by atoms with van der Waals surface area (Å²) in [7, 11) is 0. The Kier molecular flexibility index (Phi) is 4.52. The number of aryl methyl sites for hydroxylation is 1. The Morgan fingerprint density at radius 2 is 2.00 bits per heavy atom. The van der Waals surface area contributed by atoms with Gasteiger partial charge in [0.25, 0.3) is 0 Å². The highest BCUT2D eigenvalue weighted by Crippen LogP contribution is 2.52. The zero-order valence-electron chi connectivity index (χ0n) is 17.1. The summed E-state index contributed by atoms with van der Waals surface area (Å²) in [5.74, 6) is 0.962. The number of hydrogen-bond acceptors (Lipinski definition) is 5. The molecule has 1 aliphatic carbocycles. The number of carbonyl (C=O) groups excluding carboxylic acids is 1. The van der Waals surface area contributed by atoms with Gasteiger partial charge in [-0.05, 0) is 73.4 Å². The Balaban J connectivity index is 1.41. The summed E-state index contributed by atoms with van der Waals surface area (Å²) in [5.41, 5.74) is 5.74. The van der Waals surface area contributed by atoms with Gasteiger partial charge in [0.05, 0.1) is 34.6 Å². The van der Waals surface area contributed by atoms with E-state index in [1.807, 2.05) is 31.2 Å². The fraction of sp³-hybridized carbons (Fsp3) is 0.200. The van der Waals surface area contributed by atoms with E-state index in [9.17, 15) is 4.79 Å².